The van der Waals surface area contributed by atoms with E-state index in [2.05, 4.69) is 12.2 Å². The van der Waals surface area contributed by atoms with E-state index in [1.54, 1.807) is 18.1 Å². The van der Waals surface area contributed by atoms with Gasteiger partial charge in [0.05, 0.1) is 7.11 Å². The Morgan fingerprint density at radius 2 is 1.90 bits per heavy atom. The van der Waals surface area contributed by atoms with Crippen LogP contribution in [0.2, 0.25) is 5.02 Å². The molecule has 0 bridgehead atoms. The number of aryl methyl sites for hydroxylation is 2. The third-order valence-electron chi connectivity index (χ3n) is 5.12. The number of nitrogens with one attached hydrogen (secondary N) is 1. The molecule has 0 radical (unpaired) electrons. The van der Waals surface area contributed by atoms with Gasteiger partial charge in [-0.3, -0.25) is 9.69 Å². The molecular formula is C24H27ClN2O3S. The Kier molecular flexibility index (Phi) is 7.57. The van der Waals surface area contributed by atoms with Gasteiger partial charge >= 0.3 is 0 Å². The molecule has 0 aromatic heterocycles. The summed E-state index contributed by atoms with van der Waals surface area (Å²) in [7, 11) is 1.62. The van der Waals surface area contributed by atoms with Crippen LogP contribution in [0.3, 0.4) is 0 Å². The van der Waals surface area contributed by atoms with E-state index in [0.29, 0.717) is 24.0 Å². The average Bonchev–Trinajstić information content (AvgIpc) is 3.01. The number of hydrogen-bond donors (Lipinski definition) is 1. The summed E-state index contributed by atoms with van der Waals surface area (Å²) in [6, 6.07) is 9.56. The first-order valence-corrected chi connectivity index (χ1v) is 11.0. The van der Waals surface area contributed by atoms with E-state index in [4.69, 9.17) is 33.3 Å². The highest BCUT2D eigenvalue weighted by molar-refractivity contribution is 7.80. The molecule has 1 amide bonds. The second-order valence-electron chi connectivity index (χ2n) is 7.53. The zero-order chi connectivity index (χ0) is 22.5. The predicted molar refractivity (Wildman–Crippen MR) is 129 cm³/mol. The van der Waals surface area contributed by atoms with Crippen molar-refractivity contribution in [1.29, 1.82) is 0 Å². The van der Waals surface area contributed by atoms with Gasteiger partial charge in [-0.25, -0.2) is 0 Å². The number of hydrogen-bond acceptors (Lipinski definition) is 4. The number of halogens is 1. The van der Waals surface area contributed by atoms with Gasteiger partial charge in [-0.05, 0) is 79.5 Å². The fourth-order valence-corrected chi connectivity index (χ4v) is 3.80. The van der Waals surface area contributed by atoms with Crippen molar-refractivity contribution in [1.82, 2.24) is 10.2 Å². The second kappa shape index (κ2) is 10.2. The number of amides is 1. The first-order chi connectivity index (χ1) is 14.8. The number of ether oxygens (including phenoxy) is 2. The van der Waals surface area contributed by atoms with Crippen molar-refractivity contribution >= 4 is 40.9 Å². The molecule has 0 atom stereocenters. The van der Waals surface area contributed by atoms with Crippen molar-refractivity contribution in [3.8, 4) is 11.5 Å². The molecule has 2 aromatic rings. The van der Waals surface area contributed by atoms with Crippen LogP contribution in [0.5, 0.6) is 11.5 Å². The van der Waals surface area contributed by atoms with Crippen LogP contribution in [0.4, 0.5) is 0 Å². The van der Waals surface area contributed by atoms with E-state index in [-0.39, 0.29) is 5.91 Å². The van der Waals surface area contributed by atoms with Crippen LogP contribution < -0.4 is 14.8 Å². The summed E-state index contributed by atoms with van der Waals surface area (Å²) >= 11 is 11.6. The highest BCUT2D eigenvalue weighted by Crippen LogP contribution is 2.28. The van der Waals surface area contributed by atoms with Gasteiger partial charge in [-0.2, -0.15) is 0 Å². The minimum Gasteiger partial charge on any atom is -0.496 e. The second-order valence-corrected chi connectivity index (χ2v) is 8.29. The summed E-state index contributed by atoms with van der Waals surface area (Å²) in [5.41, 5.74) is 4.15. The molecule has 1 aliphatic rings. The van der Waals surface area contributed by atoms with Gasteiger partial charge in [0.2, 0.25) is 0 Å². The van der Waals surface area contributed by atoms with Gasteiger partial charge < -0.3 is 14.8 Å². The SMILES string of the molecule is CCCCN1C(=O)/C(=C\c2ccc(OC)c(COc3cc(C)c(Cl)c(C)c3)c2)NC1=S. The van der Waals surface area contributed by atoms with E-state index < -0.39 is 0 Å². The van der Waals surface area contributed by atoms with Gasteiger partial charge in [-0.15, -0.1) is 0 Å². The monoisotopic (exact) mass is 458 g/mol. The lowest BCUT2D eigenvalue weighted by Crippen LogP contribution is -2.31. The maximum absolute atomic E-state index is 12.7. The van der Waals surface area contributed by atoms with Gasteiger partial charge in [0.1, 0.15) is 23.8 Å². The average molecular weight is 459 g/mol. The standard InChI is InChI=1S/C24H27ClN2O3S/c1-5-6-9-27-23(28)20(26-24(27)31)13-17-7-8-21(29-4)18(12-17)14-30-19-10-15(2)22(25)16(3)11-19/h7-8,10-13H,5-6,9,14H2,1-4H3,(H,26,31)/b20-13+. The van der Waals surface area contributed by atoms with Crippen molar-refractivity contribution in [3.05, 3.63) is 63.3 Å². The molecule has 164 valence electrons. The molecule has 31 heavy (non-hydrogen) atoms. The van der Waals surface area contributed by atoms with Crippen LogP contribution in [0, 0.1) is 13.8 Å². The van der Waals surface area contributed by atoms with Crippen LogP contribution in [0.15, 0.2) is 36.0 Å². The van der Waals surface area contributed by atoms with E-state index in [9.17, 15) is 4.79 Å². The number of methoxy groups -OCH3 is 1. The quantitative estimate of drug-likeness (QED) is 0.424. The minimum atomic E-state index is -0.0980. The van der Waals surface area contributed by atoms with E-state index in [0.717, 1.165) is 51.6 Å². The summed E-state index contributed by atoms with van der Waals surface area (Å²) in [4.78, 5) is 14.3. The number of nitrogens with zero attached hydrogens (tertiary/aromatic N) is 1. The van der Waals surface area contributed by atoms with Gasteiger partial charge in [0.15, 0.2) is 5.11 Å². The predicted octanol–water partition coefficient (Wildman–Crippen LogP) is 5.40. The highest BCUT2D eigenvalue weighted by Gasteiger charge is 2.29. The van der Waals surface area contributed by atoms with Crippen LogP contribution in [0.25, 0.3) is 6.08 Å². The molecule has 1 aliphatic heterocycles. The van der Waals surface area contributed by atoms with E-state index in [1.807, 2.05) is 44.2 Å². The normalized spacial score (nSPS) is 14.9. The Morgan fingerprint density at radius 1 is 1.19 bits per heavy atom. The highest BCUT2D eigenvalue weighted by atomic mass is 35.5. The summed E-state index contributed by atoms with van der Waals surface area (Å²) in [6.45, 7) is 6.94. The van der Waals surface area contributed by atoms with Crippen LogP contribution >= 0.6 is 23.8 Å². The third-order valence-corrected chi connectivity index (χ3v) is 6.04. The van der Waals surface area contributed by atoms with Crippen LogP contribution in [0.1, 0.15) is 42.0 Å². The number of carbonyl (C=O) groups excluding carboxylic acids is 1. The molecule has 1 saturated heterocycles. The maximum Gasteiger partial charge on any atom is 0.276 e. The molecule has 3 rings (SSSR count). The number of thiocarbonyl (C=S) groups is 1. The maximum atomic E-state index is 12.7. The Balaban J connectivity index is 1.80. The zero-order valence-electron chi connectivity index (χ0n) is 18.3. The molecule has 5 nitrogen and oxygen atoms in total. The van der Waals surface area contributed by atoms with Crippen molar-refractivity contribution in [2.45, 2.75) is 40.2 Å². The molecule has 0 unspecified atom stereocenters. The molecule has 1 heterocycles. The molecule has 1 N–H and O–H groups in total. The summed E-state index contributed by atoms with van der Waals surface area (Å²) < 4.78 is 11.5. The lowest BCUT2D eigenvalue weighted by atomic mass is 10.1. The lowest BCUT2D eigenvalue weighted by molar-refractivity contribution is -0.122. The van der Waals surface area contributed by atoms with Crippen LogP contribution in [-0.2, 0) is 11.4 Å². The smallest absolute Gasteiger partial charge is 0.276 e. The van der Waals surface area contributed by atoms with E-state index >= 15 is 0 Å². The zero-order valence-corrected chi connectivity index (χ0v) is 19.8. The van der Waals surface area contributed by atoms with Crippen LogP contribution in [-0.4, -0.2) is 29.6 Å². The molecule has 0 spiro atoms. The summed E-state index contributed by atoms with van der Waals surface area (Å²) in [5.74, 6) is 1.37. The first kappa shape index (κ1) is 23.1. The minimum absolute atomic E-state index is 0.0980. The number of rotatable bonds is 8. The lowest BCUT2D eigenvalue weighted by Gasteiger charge is -2.13. The molecule has 0 aliphatic carbocycles. The van der Waals surface area contributed by atoms with Crippen molar-refractivity contribution in [3.63, 3.8) is 0 Å². The fraction of sp³-hybridized carbons (Fsp3) is 0.333. The largest absolute Gasteiger partial charge is 0.496 e. The first-order valence-electron chi connectivity index (χ1n) is 10.2. The fourth-order valence-electron chi connectivity index (χ4n) is 3.41. The molecule has 2 aromatic carbocycles. The van der Waals surface area contributed by atoms with Crippen molar-refractivity contribution in [2.24, 2.45) is 0 Å². The van der Waals surface area contributed by atoms with Crippen molar-refractivity contribution in [2.75, 3.05) is 13.7 Å². The van der Waals surface area contributed by atoms with Gasteiger partial charge in [0, 0.05) is 17.1 Å². The number of carbonyl (C=O) groups is 1. The Morgan fingerprint density at radius 3 is 2.55 bits per heavy atom. The summed E-state index contributed by atoms with van der Waals surface area (Å²) in [6.07, 6.45) is 3.72. The Labute approximate surface area is 194 Å². The number of unbranched alkanes of at least 4 members (excludes halogenated alkanes) is 1. The van der Waals surface area contributed by atoms with Crippen molar-refractivity contribution < 1.29 is 14.3 Å². The van der Waals surface area contributed by atoms with Gasteiger partial charge in [0.25, 0.3) is 5.91 Å². The summed E-state index contributed by atoms with van der Waals surface area (Å²) in [5, 5.41) is 4.23. The molecule has 1 fully saturated rings. The Hall–Kier alpha value is -2.57. The number of benzene rings is 2. The molecule has 0 saturated carbocycles. The topological polar surface area (TPSA) is 50.8 Å². The third kappa shape index (κ3) is 5.38. The molecular weight excluding hydrogens is 432 g/mol. The Bertz CT molecular complexity index is 1010. The van der Waals surface area contributed by atoms with E-state index in [1.165, 1.54) is 0 Å². The molecule has 7 heteroatoms. The van der Waals surface area contributed by atoms with Gasteiger partial charge in [-0.1, -0.05) is 31.0 Å².